The lowest BCUT2D eigenvalue weighted by atomic mass is 9.97. The smallest absolute Gasteiger partial charge is 0.340 e. The molecule has 0 spiro atoms. The maximum Gasteiger partial charge on any atom is 0.340 e. The molecular formula is C14H11O3Si. The number of carbonyl (C=O) groups is 1. The molecule has 0 heterocycles. The number of hydrogen-bond donors (Lipinski definition) is 1. The molecule has 0 unspecified atom stereocenters. The number of carboxylic acids is 1. The third kappa shape index (κ3) is 2.15. The van der Waals surface area contributed by atoms with Crippen LogP contribution in [0.4, 0.5) is 0 Å². The molecule has 18 heavy (non-hydrogen) atoms. The molecule has 2 rings (SSSR count). The van der Waals surface area contributed by atoms with Crippen molar-refractivity contribution >= 4 is 32.8 Å². The molecule has 89 valence electrons. The maximum atomic E-state index is 11.4. The van der Waals surface area contributed by atoms with Crippen molar-refractivity contribution < 1.29 is 14.3 Å². The number of benzene rings is 2. The van der Waals surface area contributed by atoms with Gasteiger partial charge in [-0.25, -0.2) is 4.79 Å². The second-order valence-corrected chi connectivity index (χ2v) is 4.07. The van der Waals surface area contributed by atoms with Gasteiger partial charge in [0.1, 0.15) is 5.57 Å². The van der Waals surface area contributed by atoms with E-state index in [0.29, 0.717) is 11.3 Å². The van der Waals surface area contributed by atoms with Crippen molar-refractivity contribution in [2.45, 2.75) is 6.92 Å². The van der Waals surface area contributed by atoms with Gasteiger partial charge in [-0.2, -0.15) is 0 Å². The van der Waals surface area contributed by atoms with Crippen LogP contribution in [0.2, 0.25) is 0 Å². The molecule has 0 saturated carbocycles. The van der Waals surface area contributed by atoms with Gasteiger partial charge in [0.25, 0.3) is 0 Å². The summed E-state index contributed by atoms with van der Waals surface area (Å²) in [6.07, 6.45) is 0. The van der Waals surface area contributed by atoms with E-state index in [1.165, 1.54) is 0 Å². The number of rotatable bonds is 3. The Morgan fingerprint density at radius 3 is 2.50 bits per heavy atom. The van der Waals surface area contributed by atoms with Gasteiger partial charge in [-0.15, -0.1) is 0 Å². The van der Waals surface area contributed by atoms with Gasteiger partial charge in [-0.3, -0.25) is 0 Å². The number of hydrogen-bond acceptors (Lipinski definition) is 2. The first-order valence-electron chi connectivity index (χ1n) is 5.41. The summed E-state index contributed by atoms with van der Waals surface area (Å²) in [4.78, 5) is 11.4. The summed E-state index contributed by atoms with van der Waals surface area (Å²) >= 11 is 0. The summed E-state index contributed by atoms with van der Waals surface area (Å²) in [5.74, 6) is -0.697. The minimum Gasteiger partial charge on any atom is -0.543 e. The fourth-order valence-corrected chi connectivity index (χ4v) is 2.05. The summed E-state index contributed by atoms with van der Waals surface area (Å²) in [7, 11) is 2.87. The number of fused-ring (bicyclic) bond motifs is 1. The molecule has 0 bridgehead atoms. The lowest BCUT2D eigenvalue weighted by molar-refractivity contribution is -0.130. The standard InChI is InChI=1S/C14H11O3Si/c1-9(17-18)13(14(15)16)12-8-4-6-10-5-2-3-7-11(10)12/h2-8H,1H3,(H,15,16). The van der Waals surface area contributed by atoms with E-state index < -0.39 is 5.97 Å². The first-order chi connectivity index (χ1) is 8.65. The van der Waals surface area contributed by atoms with Crippen LogP contribution in [-0.2, 0) is 9.22 Å². The SMILES string of the molecule is CC(O[Si])=C(C(=O)O)c1cccc2ccccc12. The van der Waals surface area contributed by atoms with Crippen molar-refractivity contribution in [2.24, 2.45) is 0 Å². The van der Waals surface area contributed by atoms with E-state index >= 15 is 0 Å². The molecule has 3 radical (unpaired) electrons. The normalized spacial score (nSPS) is 12.1. The monoisotopic (exact) mass is 255 g/mol. The van der Waals surface area contributed by atoms with E-state index in [-0.39, 0.29) is 5.57 Å². The third-order valence-electron chi connectivity index (χ3n) is 2.78. The Kier molecular flexibility index (Phi) is 3.48. The molecule has 0 aliphatic rings. The Balaban J connectivity index is 2.77. The molecule has 0 saturated heterocycles. The van der Waals surface area contributed by atoms with Gasteiger partial charge in [0.15, 0.2) is 0 Å². The number of carboxylic acid groups (broad SMARTS) is 1. The van der Waals surface area contributed by atoms with Gasteiger partial charge in [-0.1, -0.05) is 42.5 Å². The summed E-state index contributed by atoms with van der Waals surface area (Å²) in [6.45, 7) is 1.61. The van der Waals surface area contributed by atoms with Gasteiger partial charge >= 0.3 is 16.5 Å². The van der Waals surface area contributed by atoms with E-state index in [0.717, 1.165) is 10.8 Å². The zero-order chi connectivity index (χ0) is 13.1. The fraction of sp³-hybridized carbons (Fsp3) is 0.0714. The van der Waals surface area contributed by atoms with Gasteiger partial charge in [0, 0.05) is 5.56 Å². The molecule has 2 aromatic rings. The molecule has 0 amide bonds. The van der Waals surface area contributed by atoms with Crippen LogP contribution in [0, 0.1) is 0 Å². The third-order valence-corrected chi connectivity index (χ3v) is 3.08. The van der Waals surface area contributed by atoms with Crippen molar-refractivity contribution in [3.63, 3.8) is 0 Å². The average molecular weight is 255 g/mol. The molecule has 2 aromatic carbocycles. The van der Waals surface area contributed by atoms with Gasteiger partial charge in [-0.05, 0) is 17.7 Å². The summed E-state index contributed by atoms with van der Waals surface area (Å²) in [5, 5.41) is 11.2. The summed E-state index contributed by atoms with van der Waals surface area (Å²) in [6, 6.07) is 13.2. The van der Waals surface area contributed by atoms with Crippen LogP contribution in [0.1, 0.15) is 12.5 Å². The molecular weight excluding hydrogens is 244 g/mol. The fourth-order valence-electron chi connectivity index (χ4n) is 1.95. The molecule has 0 aliphatic carbocycles. The van der Waals surface area contributed by atoms with Crippen LogP contribution in [0.5, 0.6) is 0 Å². The molecule has 1 N–H and O–H groups in total. The lowest BCUT2D eigenvalue weighted by Crippen LogP contribution is -2.04. The zero-order valence-corrected chi connectivity index (χ0v) is 10.8. The highest BCUT2D eigenvalue weighted by Gasteiger charge is 2.17. The predicted molar refractivity (Wildman–Crippen MR) is 71.0 cm³/mol. The van der Waals surface area contributed by atoms with Crippen molar-refractivity contribution in [2.75, 3.05) is 0 Å². The molecule has 0 aliphatic heterocycles. The second kappa shape index (κ2) is 5.06. The van der Waals surface area contributed by atoms with Crippen molar-refractivity contribution in [1.29, 1.82) is 0 Å². The number of aliphatic carboxylic acids is 1. The Hall–Kier alpha value is -2.07. The Labute approximate surface area is 108 Å². The minimum atomic E-state index is -1.01. The lowest BCUT2D eigenvalue weighted by Gasteiger charge is -2.10. The average Bonchev–Trinajstić information content (AvgIpc) is 2.38. The quantitative estimate of drug-likeness (QED) is 0.521. The topological polar surface area (TPSA) is 46.5 Å². The highest BCUT2D eigenvalue weighted by Crippen LogP contribution is 2.27. The molecule has 4 heteroatoms. The predicted octanol–water partition coefficient (Wildman–Crippen LogP) is 2.76. The van der Waals surface area contributed by atoms with Gasteiger partial charge in [0.2, 0.25) is 0 Å². The zero-order valence-electron chi connectivity index (χ0n) is 9.81. The Bertz CT molecular complexity index is 626. The largest absolute Gasteiger partial charge is 0.543 e. The Morgan fingerprint density at radius 1 is 1.17 bits per heavy atom. The van der Waals surface area contributed by atoms with Crippen LogP contribution in [0.15, 0.2) is 48.2 Å². The summed E-state index contributed by atoms with van der Waals surface area (Å²) in [5.41, 5.74) is 0.804. The molecule has 0 aromatic heterocycles. The molecule has 3 nitrogen and oxygen atoms in total. The van der Waals surface area contributed by atoms with Crippen LogP contribution in [0.25, 0.3) is 16.3 Å². The molecule has 0 atom stereocenters. The van der Waals surface area contributed by atoms with E-state index in [2.05, 4.69) is 10.5 Å². The maximum absolute atomic E-state index is 11.4. The van der Waals surface area contributed by atoms with E-state index in [1.54, 1.807) is 13.0 Å². The van der Waals surface area contributed by atoms with Crippen molar-refractivity contribution in [3.8, 4) is 0 Å². The molecule has 0 fully saturated rings. The van der Waals surface area contributed by atoms with Crippen LogP contribution >= 0.6 is 0 Å². The van der Waals surface area contributed by atoms with Gasteiger partial charge in [0.05, 0.1) is 5.76 Å². The van der Waals surface area contributed by atoms with Gasteiger partial charge < -0.3 is 9.53 Å². The Morgan fingerprint density at radius 2 is 1.83 bits per heavy atom. The van der Waals surface area contributed by atoms with Crippen molar-refractivity contribution in [1.82, 2.24) is 0 Å². The van der Waals surface area contributed by atoms with E-state index in [4.69, 9.17) is 4.43 Å². The highest BCUT2D eigenvalue weighted by atomic mass is 28.2. The summed E-state index contributed by atoms with van der Waals surface area (Å²) < 4.78 is 4.88. The first-order valence-corrected chi connectivity index (χ1v) is 5.82. The van der Waals surface area contributed by atoms with Crippen LogP contribution in [0.3, 0.4) is 0 Å². The minimum absolute atomic E-state index is 0.154. The number of allylic oxidation sites excluding steroid dienone is 1. The highest BCUT2D eigenvalue weighted by molar-refractivity contribution is 6.20. The van der Waals surface area contributed by atoms with Crippen molar-refractivity contribution in [3.05, 3.63) is 53.8 Å². The second-order valence-electron chi connectivity index (χ2n) is 3.87. The van der Waals surface area contributed by atoms with E-state index in [1.807, 2.05) is 36.4 Å². The van der Waals surface area contributed by atoms with Crippen LogP contribution < -0.4 is 0 Å². The first kappa shape index (κ1) is 12.4. The van der Waals surface area contributed by atoms with E-state index in [9.17, 15) is 9.90 Å². The van der Waals surface area contributed by atoms with Crippen LogP contribution in [-0.4, -0.2) is 21.6 Å².